The van der Waals surface area contributed by atoms with Crippen molar-refractivity contribution in [2.24, 2.45) is 35.5 Å². The Morgan fingerprint density at radius 3 is 1.24 bits per heavy atom. The average molecular weight is 980 g/mol. The SMILES string of the molecule is CC(C)(C)OC(=O)N1CCN(C(=O)C2C(C(=O)O)[C@H]3CC[C@@H]2O3)CC1.CCN1CCN(C(=O)C2C(C(=O)[O-])[C@H]3CC[C@@H]2O3)CC1.O=C(O)C1C(C(=O)N2CCN(Cc3ccccc3)CC2)[C@@H]2CC[C@H]1O2. The number of benzene rings is 1. The molecule has 1 aromatic rings. The Bertz CT molecular complexity index is 2070. The Balaban J connectivity index is 0.000000142. The van der Waals surface area contributed by atoms with Crippen LogP contribution in [0.25, 0.3) is 0 Å². The fourth-order valence-electron chi connectivity index (χ4n) is 12.2. The van der Waals surface area contributed by atoms with E-state index in [0.29, 0.717) is 58.8 Å². The Kier molecular flexibility index (Phi) is 16.1. The summed E-state index contributed by atoms with van der Waals surface area (Å²) in [5.41, 5.74) is 0.717. The number of carboxylic acids is 3. The maximum Gasteiger partial charge on any atom is 0.410 e. The Morgan fingerprint density at radius 1 is 0.529 bits per heavy atom. The highest BCUT2D eigenvalue weighted by molar-refractivity contribution is 5.88. The first-order valence-electron chi connectivity index (χ1n) is 25.4. The number of piperazine rings is 3. The van der Waals surface area contributed by atoms with Gasteiger partial charge < -0.3 is 63.6 Å². The van der Waals surface area contributed by atoms with Crippen LogP contribution < -0.4 is 5.11 Å². The molecule has 0 aromatic heterocycles. The van der Waals surface area contributed by atoms with Crippen LogP contribution in [0.3, 0.4) is 0 Å². The second-order valence-electron chi connectivity index (χ2n) is 21.2. The second kappa shape index (κ2) is 21.8. The molecule has 0 spiro atoms. The highest BCUT2D eigenvalue weighted by Gasteiger charge is 2.58. The van der Waals surface area contributed by atoms with E-state index in [2.05, 4.69) is 28.9 Å². The molecule has 1 aromatic carbocycles. The maximum absolute atomic E-state index is 12.9. The van der Waals surface area contributed by atoms with E-state index in [4.69, 9.17) is 18.9 Å². The van der Waals surface area contributed by atoms with E-state index >= 15 is 0 Å². The van der Waals surface area contributed by atoms with Crippen molar-refractivity contribution in [3.63, 3.8) is 0 Å². The molecule has 6 unspecified atom stereocenters. The van der Waals surface area contributed by atoms with Gasteiger partial charge in [0, 0.05) is 97.0 Å². The zero-order chi connectivity index (χ0) is 50.0. The van der Waals surface area contributed by atoms with Crippen LogP contribution >= 0.6 is 0 Å². The van der Waals surface area contributed by atoms with Crippen molar-refractivity contribution >= 4 is 41.7 Å². The van der Waals surface area contributed by atoms with Crippen LogP contribution in [0.15, 0.2) is 30.3 Å². The van der Waals surface area contributed by atoms with Gasteiger partial charge in [-0.05, 0) is 71.4 Å². The van der Waals surface area contributed by atoms with Gasteiger partial charge in [-0.2, -0.15) is 0 Å². The Labute approximate surface area is 409 Å². The fourth-order valence-corrected chi connectivity index (χ4v) is 12.2. The number of fused-ring (bicyclic) bond motifs is 6. The molecule has 9 fully saturated rings. The van der Waals surface area contributed by atoms with E-state index in [1.165, 1.54) is 5.56 Å². The minimum absolute atomic E-state index is 0.0287. The van der Waals surface area contributed by atoms with E-state index in [-0.39, 0.29) is 60.4 Å². The van der Waals surface area contributed by atoms with Crippen molar-refractivity contribution < 1.29 is 67.8 Å². The topological polar surface area (TPSA) is 239 Å². The smallest absolute Gasteiger partial charge is 0.410 e. The molecule has 4 amide bonds. The molecule has 9 aliphatic heterocycles. The van der Waals surface area contributed by atoms with Crippen LogP contribution in [0.5, 0.6) is 0 Å². The lowest BCUT2D eigenvalue weighted by molar-refractivity contribution is -0.314. The zero-order valence-electron chi connectivity index (χ0n) is 40.9. The van der Waals surface area contributed by atoms with Crippen LogP contribution in [0.2, 0.25) is 0 Å². The molecule has 0 radical (unpaired) electrons. The molecule has 12 atom stereocenters. The number of ether oxygens (including phenoxy) is 4. The predicted molar refractivity (Wildman–Crippen MR) is 246 cm³/mol. The number of rotatable bonds is 9. The Morgan fingerprint density at radius 2 is 0.871 bits per heavy atom. The summed E-state index contributed by atoms with van der Waals surface area (Å²) in [6.07, 6.45) is 2.48. The number of carbonyl (C=O) groups is 7. The van der Waals surface area contributed by atoms with Gasteiger partial charge in [-0.15, -0.1) is 0 Å². The lowest BCUT2D eigenvalue weighted by atomic mass is 9.78. The molecule has 386 valence electrons. The Hall–Kier alpha value is -4.89. The molecule has 20 nitrogen and oxygen atoms in total. The van der Waals surface area contributed by atoms with Gasteiger partial charge in [0.15, 0.2) is 0 Å². The summed E-state index contributed by atoms with van der Waals surface area (Å²) in [5.74, 6) is -7.07. The third-order valence-corrected chi connectivity index (χ3v) is 15.8. The van der Waals surface area contributed by atoms with Crippen molar-refractivity contribution in [3.8, 4) is 0 Å². The molecule has 9 saturated heterocycles. The summed E-state index contributed by atoms with van der Waals surface area (Å²) >= 11 is 0. The number of hydrogen-bond acceptors (Lipinski definition) is 14. The molecule has 10 rings (SSSR count). The molecular weight excluding hydrogens is 909 g/mol. The van der Waals surface area contributed by atoms with Crippen molar-refractivity contribution in [2.75, 3.05) is 85.1 Å². The minimum atomic E-state index is -1.14. The van der Waals surface area contributed by atoms with Crippen molar-refractivity contribution in [1.29, 1.82) is 0 Å². The number of hydrogen-bond donors (Lipinski definition) is 2. The van der Waals surface area contributed by atoms with Crippen LogP contribution in [0.1, 0.15) is 71.8 Å². The molecule has 6 bridgehead atoms. The van der Waals surface area contributed by atoms with E-state index in [1.54, 1.807) is 14.7 Å². The highest BCUT2D eigenvalue weighted by atomic mass is 16.6. The third kappa shape index (κ3) is 11.2. The van der Waals surface area contributed by atoms with Gasteiger partial charge in [0.25, 0.3) is 0 Å². The van der Waals surface area contributed by atoms with Gasteiger partial charge in [-0.25, -0.2) is 4.79 Å². The molecule has 2 N–H and O–H groups in total. The van der Waals surface area contributed by atoms with Crippen molar-refractivity contribution in [1.82, 2.24) is 29.4 Å². The molecule has 9 aliphatic rings. The monoisotopic (exact) mass is 980 g/mol. The molecule has 20 heteroatoms. The minimum Gasteiger partial charge on any atom is -0.550 e. The van der Waals surface area contributed by atoms with Gasteiger partial charge >= 0.3 is 18.0 Å². The second-order valence-corrected chi connectivity index (χ2v) is 21.2. The normalized spacial score (nSPS) is 33.5. The number of carboxylic acid groups (broad SMARTS) is 3. The number of carbonyl (C=O) groups excluding carboxylic acids is 5. The predicted octanol–water partition coefficient (Wildman–Crippen LogP) is 0.847. The summed E-state index contributed by atoms with van der Waals surface area (Å²) in [6.45, 7) is 17.0. The van der Waals surface area contributed by atoms with E-state index in [1.807, 2.05) is 43.9 Å². The van der Waals surface area contributed by atoms with Gasteiger partial charge in [-0.1, -0.05) is 37.3 Å². The first-order valence-corrected chi connectivity index (χ1v) is 25.4. The summed E-state index contributed by atoms with van der Waals surface area (Å²) < 4.78 is 22.4. The summed E-state index contributed by atoms with van der Waals surface area (Å²) in [7, 11) is 0. The van der Waals surface area contributed by atoms with Crippen molar-refractivity contribution in [3.05, 3.63) is 35.9 Å². The quantitative estimate of drug-likeness (QED) is 0.349. The van der Waals surface area contributed by atoms with Crippen molar-refractivity contribution in [2.45, 2.75) is 115 Å². The van der Waals surface area contributed by atoms with Gasteiger partial charge in [-0.3, -0.25) is 28.9 Å². The van der Waals surface area contributed by atoms with Crippen LogP contribution in [-0.4, -0.2) is 209 Å². The summed E-state index contributed by atoms with van der Waals surface area (Å²) in [5, 5.41) is 30.3. The number of amides is 4. The molecule has 0 saturated carbocycles. The first-order chi connectivity index (χ1) is 33.4. The standard InChI is InChI=1S/C19H24N2O4.C17H26N2O6.C14H22N2O4/c22-18(16-14-6-7-15(25-14)17(16)19(23)24)21-10-8-20(9-11-21)12-13-4-2-1-3-5-13;1-17(2,3)25-16(23)19-8-6-18(7-9-19)14(20)12-10-4-5-11(24-10)13(12)15(21)22;1-2-15-5-7-16(8-6-15)13(17)11-9-3-4-10(20-9)12(11)14(18)19/h1-5,14-17H,6-12H2,(H,23,24);10-13H,4-9H2,1-3H3,(H,21,22);9-12H,2-8H2,1H3,(H,18,19)/p-1/t14-,15+,16?,17?;10-,11+,12?,13?;9-,10+,11?,12?/m000/s1. The van der Waals surface area contributed by atoms with E-state index < -0.39 is 59.0 Å². The van der Waals surface area contributed by atoms with Crippen LogP contribution in [0.4, 0.5) is 4.79 Å². The third-order valence-electron chi connectivity index (χ3n) is 15.8. The molecular formula is C50H71N6O14-. The molecule has 9 heterocycles. The van der Waals surface area contributed by atoms with E-state index in [9.17, 15) is 48.9 Å². The van der Waals surface area contributed by atoms with Crippen LogP contribution in [-0.2, 0) is 54.3 Å². The number of likely N-dealkylation sites (N-methyl/N-ethyl adjacent to an activating group) is 1. The molecule has 70 heavy (non-hydrogen) atoms. The van der Waals surface area contributed by atoms with Crippen LogP contribution in [0, 0.1) is 35.5 Å². The number of nitrogens with zero attached hydrogens (tertiary/aromatic N) is 6. The van der Waals surface area contributed by atoms with Gasteiger partial charge in [0.05, 0.1) is 66.2 Å². The average Bonchev–Trinajstić information content (AvgIpc) is 4.23. The van der Waals surface area contributed by atoms with E-state index in [0.717, 1.165) is 71.4 Å². The summed E-state index contributed by atoms with van der Waals surface area (Å²) in [6, 6.07) is 10.3. The largest absolute Gasteiger partial charge is 0.550 e. The summed E-state index contributed by atoms with van der Waals surface area (Å²) in [4.78, 5) is 96.5. The number of aliphatic carboxylic acids is 3. The lowest BCUT2D eigenvalue weighted by Crippen LogP contribution is -2.55. The highest BCUT2D eigenvalue weighted by Crippen LogP contribution is 2.46. The maximum atomic E-state index is 12.9. The van der Waals surface area contributed by atoms with Gasteiger partial charge in [0.1, 0.15) is 5.60 Å². The van der Waals surface area contributed by atoms with Gasteiger partial charge in [0.2, 0.25) is 17.7 Å². The lowest BCUT2D eigenvalue weighted by Gasteiger charge is -2.38. The molecule has 0 aliphatic carbocycles. The fraction of sp³-hybridized carbons (Fsp3) is 0.740. The zero-order valence-corrected chi connectivity index (χ0v) is 40.9. The first kappa shape index (κ1) is 51.5.